The summed E-state index contributed by atoms with van der Waals surface area (Å²) in [5, 5.41) is 8.63. The third kappa shape index (κ3) is 21.5. The molecule has 0 unspecified atom stereocenters. The second-order valence-electron chi connectivity index (χ2n) is 7.73. The van der Waals surface area contributed by atoms with Gasteiger partial charge in [-0.1, -0.05) is 84.4 Å². The highest BCUT2D eigenvalue weighted by Gasteiger charge is 2.06. The minimum Gasteiger partial charge on any atom is -0.508 e. The van der Waals surface area contributed by atoms with Crippen molar-refractivity contribution in [3.63, 3.8) is 0 Å². The Morgan fingerprint density at radius 1 is 0.741 bits per heavy atom. The summed E-state index contributed by atoms with van der Waals surface area (Å²) in [7, 11) is -1.65. The molecule has 0 aliphatic rings. The Hall–Kier alpha value is -0.670. The van der Waals surface area contributed by atoms with Crippen molar-refractivity contribution in [3.8, 4) is 5.75 Å². The summed E-state index contributed by atoms with van der Waals surface area (Å²) < 4.78 is 10.6. The van der Waals surface area contributed by atoms with E-state index in [4.69, 9.17) is 14.2 Å². The van der Waals surface area contributed by atoms with Crippen LogP contribution in [0.25, 0.3) is 0 Å². The fourth-order valence-corrected chi connectivity index (χ4v) is 3.06. The highest BCUT2D eigenvalue weighted by Crippen LogP contribution is 2.33. The molecule has 27 heavy (non-hydrogen) atoms. The normalized spacial score (nSPS) is 11.1. The summed E-state index contributed by atoms with van der Waals surface area (Å²) >= 11 is 0. The molecular formula is C22H41O4P. The van der Waals surface area contributed by atoms with Crippen molar-refractivity contribution in [2.75, 3.05) is 13.2 Å². The Morgan fingerprint density at radius 3 is 1.52 bits per heavy atom. The van der Waals surface area contributed by atoms with E-state index >= 15 is 0 Å². The van der Waals surface area contributed by atoms with Crippen LogP contribution < -0.4 is 0 Å². The van der Waals surface area contributed by atoms with Crippen molar-refractivity contribution < 1.29 is 19.0 Å². The molecule has 0 aromatic heterocycles. The molecule has 0 atom stereocenters. The van der Waals surface area contributed by atoms with E-state index in [0.29, 0.717) is 19.0 Å². The van der Waals surface area contributed by atoms with Gasteiger partial charge >= 0.3 is 8.60 Å². The van der Waals surface area contributed by atoms with E-state index in [1.165, 1.54) is 38.5 Å². The van der Waals surface area contributed by atoms with Gasteiger partial charge in [0.15, 0.2) is 0 Å². The smallest absolute Gasteiger partial charge is 0.329 e. The average molecular weight is 401 g/mol. The van der Waals surface area contributed by atoms with Gasteiger partial charge < -0.3 is 19.0 Å². The quantitative estimate of drug-likeness (QED) is 0.259. The number of hydrogen-bond donors (Lipinski definition) is 2. The lowest BCUT2D eigenvalue weighted by Crippen LogP contribution is -1.96. The molecule has 0 aliphatic heterocycles. The highest BCUT2D eigenvalue weighted by molar-refractivity contribution is 7.40. The molecule has 158 valence electrons. The van der Waals surface area contributed by atoms with Crippen LogP contribution in [0.1, 0.15) is 79.1 Å². The van der Waals surface area contributed by atoms with Gasteiger partial charge in [0.05, 0.1) is 13.2 Å². The number of aromatic hydroxyl groups is 1. The SMILES string of the molecule is CC(C)CCCCCOP(O)OCCCCCC(C)C.Oc1ccccc1. The van der Waals surface area contributed by atoms with E-state index < -0.39 is 8.60 Å². The van der Waals surface area contributed by atoms with Crippen LogP contribution in [0.4, 0.5) is 0 Å². The first kappa shape index (κ1) is 26.3. The van der Waals surface area contributed by atoms with Crippen LogP contribution in [-0.2, 0) is 9.05 Å². The standard InChI is InChI=1S/C16H35O3P.C6H6O/c1-15(2)11-7-5-9-13-18-20(17)19-14-10-6-8-12-16(3)4;7-6-4-2-1-3-5-6/h15-17H,5-14H2,1-4H3;1-5,7H. The fourth-order valence-electron chi connectivity index (χ4n) is 2.41. The Labute approximate surface area is 168 Å². The van der Waals surface area contributed by atoms with Crippen LogP contribution in [-0.4, -0.2) is 23.2 Å². The summed E-state index contributed by atoms with van der Waals surface area (Å²) in [6, 6.07) is 8.71. The first-order valence-electron chi connectivity index (χ1n) is 10.4. The predicted octanol–water partition coefficient (Wildman–Crippen LogP) is 7.06. The number of phenolic OH excluding ortho intramolecular Hbond substituents is 1. The number of para-hydroxylation sites is 1. The Bertz CT molecular complexity index is 392. The molecule has 0 amide bonds. The summed E-state index contributed by atoms with van der Waals surface area (Å²) in [4.78, 5) is 9.56. The van der Waals surface area contributed by atoms with Gasteiger partial charge in [-0.2, -0.15) is 0 Å². The van der Waals surface area contributed by atoms with Gasteiger partial charge in [-0.15, -0.1) is 0 Å². The summed E-state index contributed by atoms with van der Waals surface area (Å²) in [5.74, 6) is 1.89. The maximum atomic E-state index is 9.56. The van der Waals surface area contributed by atoms with Crippen LogP contribution in [0.3, 0.4) is 0 Å². The monoisotopic (exact) mass is 400 g/mol. The Balaban J connectivity index is 0.000000797. The van der Waals surface area contributed by atoms with E-state index in [2.05, 4.69) is 27.7 Å². The maximum Gasteiger partial charge on any atom is 0.329 e. The van der Waals surface area contributed by atoms with Gasteiger partial charge in [-0.25, -0.2) is 0 Å². The molecule has 0 aliphatic carbocycles. The van der Waals surface area contributed by atoms with Crippen LogP contribution in [0, 0.1) is 11.8 Å². The first-order chi connectivity index (χ1) is 12.9. The molecular weight excluding hydrogens is 359 g/mol. The zero-order valence-corrected chi connectivity index (χ0v) is 18.7. The molecule has 0 radical (unpaired) electrons. The molecule has 4 nitrogen and oxygen atoms in total. The van der Waals surface area contributed by atoms with E-state index in [9.17, 15) is 4.89 Å². The van der Waals surface area contributed by atoms with Crippen LogP contribution >= 0.6 is 8.60 Å². The molecule has 0 bridgehead atoms. The molecule has 0 spiro atoms. The van der Waals surface area contributed by atoms with Gasteiger partial charge in [-0.05, 0) is 36.8 Å². The van der Waals surface area contributed by atoms with Crippen molar-refractivity contribution >= 4 is 8.60 Å². The zero-order valence-electron chi connectivity index (χ0n) is 17.8. The average Bonchev–Trinajstić information content (AvgIpc) is 2.61. The first-order valence-corrected chi connectivity index (χ1v) is 11.5. The molecule has 1 aromatic carbocycles. The van der Waals surface area contributed by atoms with Gasteiger partial charge in [-0.3, -0.25) is 0 Å². The van der Waals surface area contributed by atoms with Crippen LogP contribution in [0.5, 0.6) is 5.75 Å². The topological polar surface area (TPSA) is 58.9 Å². The molecule has 5 heteroatoms. The molecule has 0 heterocycles. The molecule has 0 saturated carbocycles. The van der Waals surface area contributed by atoms with E-state index in [1.807, 2.05) is 6.07 Å². The third-order valence-electron chi connectivity index (χ3n) is 4.01. The third-order valence-corrected chi connectivity index (χ3v) is 4.82. The molecule has 0 fully saturated rings. The second-order valence-corrected chi connectivity index (χ2v) is 8.72. The molecule has 2 N–H and O–H groups in total. The summed E-state index contributed by atoms with van der Waals surface area (Å²) in [6.45, 7) is 10.2. The number of benzene rings is 1. The summed E-state index contributed by atoms with van der Waals surface area (Å²) in [6.07, 6.45) is 9.45. The predicted molar refractivity (Wildman–Crippen MR) is 116 cm³/mol. The summed E-state index contributed by atoms with van der Waals surface area (Å²) in [5.41, 5.74) is 0. The minimum atomic E-state index is -1.65. The number of hydrogen-bond acceptors (Lipinski definition) is 4. The second kappa shape index (κ2) is 18.7. The lowest BCUT2D eigenvalue weighted by molar-refractivity contribution is 0.193. The van der Waals surface area contributed by atoms with Crippen LogP contribution in [0.2, 0.25) is 0 Å². The van der Waals surface area contributed by atoms with Crippen molar-refractivity contribution in [2.45, 2.75) is 79.1 Å². The van der Waals surface area contributed by atoms with Crippen molar-refractivity contribution in [3.05, 3.63) is 30.3 Å². The van der Waals surface area contributed by atoms with Gasteiger partial charge in [0, 0.05) is 0 Å². The lowest BCUT2D eigenvalue weighted by atomic mass is 10.1. The van der Waals surface area contributed by atoms with E-state index in [1.54, 1.807) is 24.3 Å². The van der Waals surface area contributed by atoms with Crippen LogP contribution in [0.15, 0.2) is 30.3 Å². The molecule has 1 rings (SSSR count). The Morgan fingerprint density at radius 2 is 1.19 bits per heavy atom. The molecule has 0 saturated heterocycles. The maximum absolute atomic E-state index is 9.56. The van der Waals surface area contributed by atoms with E-state index in [-0.39, 0.29) is 0 Å². The minimum absolute atomic E-state index is 0.322. The highest BCUT2D eigenvalue weighted by atomic mass is 31.2. The molecule has 1 aromatic rings. The number of phenols is 1. The Kier molecular flexibility index (Phi) is 18.2. The lowest BCUT2D eigenvalue weighted by Gasteiger charge is -2.11. The van der Waals surface area contributed by atoms with Crippen molar-refractivity contribution in [1.29, 1.82) is 0 Å². The van der Waals surface area contributed by atoms with Crippen molar-refractivity contribution in [2.24, 2.45) is 11.8 Å². The van der Waals surface area contributed by atoms with Gasteiger partial charge in [0.25, 0.3) is 0 Å². The van der Waals surface area contributed by atoms with Gasteiger partial charge in [0.1, 0.15) is 5.75 Å². The number of unbranched alkanes of at least 4 members (excludes halogenated alkanes) is 4. The van der Waals surface area contributed by atoms with Gasteiger partial charge in [0.2, 0.25) is 0 Å². The zero-order chi connectivity index (χ0) is 20.3. The van der Waals surface area contributed by atoms with Crippen molar-refractivity contribution in [1.82, 2.24) is 0 Å². The number of rotatable bonds is 14. The largest absolute Gasteiger partial charge is 0.508 e. The fraction of sp³-hybridized carbons (Fsp3) is 0.727. The van der Waals surface area contributed by atoms with E-state index in [0.717, 1.165) is 24.7 Å².